The van der Waals surface area contributed by atoms with E-state index in [1.54, 1.807) is 34.5 Å². The highest BCUT2D eigenvalue weighted by molar-refractivity contribution is 7.10. The average Bonchev–Trinajstić information content (AvgIpc) is 3.27. The van der Waals surface area contributed by atoms with Crippen LogP contribution in [-0.4, -0.2) is 27.6 Å². The minimum absolute atomic E-state index is 0.137. The molecule has 0 unspecified atom stereocenters. The normalized spacial score (nSPS) is 14.1. The number of amides is 2. The second-order valence-corrected chi connectivity index (χ2v) is 7.48. The summed E-state index contributed by atoms with van der Waals surface area (Å²) in [6, 6.07) is 6.43. The summed E-state index contributed by atoms with van der Waals surface area (Å²) >= 11 is 7.33. The van der Waals surface area contributed by atoms with E-state index >= 15 is 0 Å². The highest BCUT2D eigenvalue weighted by Gasteiger charge is 2.39. The van der Waals surface area contributed by atoms with E-state index in [2.05, 4.69) is 20.0 Å². The van der Waals surface area contributed by atoms with Crippen molar-refractivity contribution in [3.8, 4) is 11.4 Å². The molecule has 1 aliphatic heterocycles. The number of carbonyl (C=O) groups is 1. The van der Waals surface area contributed by atoms with E-state index in [1.165, 1.54) is 11.3 Å². The van der Waals surface area contributed by atoms with Gasteiger partial charge in [-0.2, -0.15) is 18.2 Å². The van der Waals surface area contributed by atoms with Gasteiger partial charge in [0.2, 0.25) is 5.82 Å². The fraction of sp³-hybridized carbons (Fsp3) is 0.235. The van der Waals surface area contributed by atoms with Crippen molar-refractivity contribution in [1.29, 1.82) is 0 Å². The molecule has 0 saturated heterocycles. The highest BCUT2D eigenvalue weighted by Crippen LogP contribution is 2.36. The first-order chi connectivity index (χ1) is 13.3. The molecule has 1 N–H and O–H groups in total. The van der Waals surface area contributed by atoms with Crippen molar-refractivity contribution in [2.75, 3.05) is 11.9 Å². The minimum Gasteiger partial charge on any atom is -0.329 e. The summed E-state index contributed by atoms with van der Waals surface area (Å²) in [7, 11) is 0. The first-order valence-electron chi connectivity index (χ1n) is 8.13. The Hall–Kier alpha value is -2.59. The maximum atomic E-state index is 12.7. The van der Waals surface area contributed by atoms with Gasteiger partial charge in [-0.15, -0.1) is 11.3 Å². The molecule has 0 aliphatic carbocycles. The van der Waals surface area contributed by atoms with Gasteiger partial charge in [0.15, 0.2) is 0 Å². The summed E-state index contributed by atoms with van der Waals surface area (Å²) in [6.07, 6.45) is -4.11. The molecule has 1 aromatic carbocycles. The Bertz CT molecular complexity index is 1030. The lowest BCUT2D eigenvalue weighted by atomic mass is 10.0. The van der Waals surface area contributed by atoms with Gasteiger partial charge < -0.3 is 14.7 Å². The van der Waals surface area contributed by atoms with E-state index < -0.39 is 12.1 Å². The number of aromatic nitrogens is 2. The van der Waals surface area contributed by atoms with E-state index in [1.807, 2.05) is 0 Å². The topological polar surface area (TPSA) is 71.3 Å². The van der Waals surface area contributed by atoms with Crippen molar-refractivity contribution in [3.63, 3.8) is 0 Å². The second kappa shape index (κ2) is 7.10. The molecule has 28 heavy (non-hydrogen) atoms. The van der Waals surface area contributed by atoms with Gasteiger partial charge >= 0.3 is 18.1 Å². The van der Waals surface area contributed by atoms with E-state index in [0.717, 1.165) is 10.4 Å². The van der Waals surface area contributed by atoms with Crippen molar-refractivity contribution in [2.45, 2.75) is 19.1 Å². The van der Waals surface area contributed by atoms with Crippen LogP contribution in [0.1, 0.15) is 16.3 Å². The molecule has 2 aromatic heterocycles. The molecule has 0 spiro atoms. The van der Waals surface area contributed by atoms with Crippen molar-refractivity contribution >= 4 is 34.7 Å². The molecular weight excluding hydrogens is 417 g/mol. The fourth-order valence-electron chi connectivity index (χ4n) is 2.89. The van der Waals surface area contributed by atoms with Crippen molar-refractivity contribution in [1.82, 2.24) is 15.0 Å². The average molecular weight is 429 g/mol. The SMILES string of the molecule is O=C(Nc1cccc(Cl)c1)N1CCc2scc(-c3noc(C(F)(F)F)n3)c2C1. The Morgan fingerprint density at radius 1 is 1.36 bits per heavy atom. The predicted molar refractivity (Wildman–Crippen MR) is 97.2 cm³/mol. The first-order valence-corrected chi connectivity index (χ1v) is 9.39. The number of anilines is 1. The molecule has 3 aromatic rings. The Kier molecular flexibility index (Phi) is 4.76. The molecule has 11 heteroatoms. The van der Waals surface area contributed by atoms with Gasteiger partial charge in [0.25, 0.3) is 0 Å². The summed E-state index contributed by atoms with van der Waals surface area (Å²) in [4.78, 5) is 18.6. The van der Waals surface area contributed by atoms with Gasteiger partial charge in [0, 0.05) is 39.6 Å². The first kappa shape index (κ1) is 18.8. The number of nitrogens with zero attached hydrogens (tertiary/aromatic N) is 3. The zero-order valence-corrected chi connectivity index (χ0v) is 15.7. The quantitative estimate of drug-likeness (QED) is 0.619. The van der Waals surface area contributed by atoms with Crippen LogP contribution in [0.2, 0.25) is 5.02 Å². The van der Waals surface area contributed by atoms with Gasteiger partial charge in [0.1, 0.15) is 0 Å². The van der Waals surface area contributed by atoms with Crippen LogP contribution in [0.5, 0.6) is 0 Å². The van der Waals surface area contributed by atoms with Crippen LogP contribution >= 0.6 is 22.9 Å². The third-order valence-electron chi connectivity index (χ3n) is 4.21. The number of urea groups is 1. The molecule has 1 aliphatic rings. The number of benzene rings is 1. The third-order valence-corrected chi connectivity index (χ3v) is 5.53. The zero-order valence-electron chi connectivity index (χ0n) is 14.1. The molecular formula is C17H12ClF3N4O2S. The summed E-state index contributed by atoms with van der Waals surface area (Å²) < 4.78 is 42.5. The standard InChI is InChI=1S/C17H12ClF3N4O2S/c18-9-2-1-3-10(6-9)22-16(26)25-5-4-13-11(7-25)12(8-28-13)14-23-15(27-24-14)17(19,20)21/h1-3,6,8H,4-5,7H2,(H,22,26). The number of halogens is 4. The van der Waals surface area contributed by atoms with Crippen molar-refractivity contribution < 1.29 is 22.5 Å². The maximum Gasteiger partial charge on any atom is 0.471 e. The molecule has 0 atom stereocenters. The Labute approximate surface area is 165 Å². The molecule has 0 radical (unpaired) electrons. The van der Waals surface area contributed by atoms with E-state index in [-0.39, 0.29) is 18.4 Å². The lowest BCUT2D eigenvalue weighted by molar-refractivity contribution is -0.159. The van der Waals surface area contributed by atoms with Gasteiger partial charge in [-0.25, -0.2) is 4.79 Å². The smallest absolute Gasteiger partial charge is 0.329 e. The maximum absolute atomic E-state index is 12.7. The number of alkyl halides is 3. The number of thiophene rings is 1. The number of hydrogen-bond acceptors (Lipinski definition) is 5. The lowest BCUT2D eigenvalue weighted by Crippen LogP contribution is -2.38. The summed E-state index contributed by atoms with van der Waals surface area (Å²) in [5, 5.41) is 8.40. The van der Waals surface area contributed by atoms with Crippen LogP contribution < -0.4 is 5.32 Å². The molecule has 3 heterocycles. The molecule has 0 fully saturated rings. The second-order valence-electron chi connectivity index (χ2n) is 6.08. The van der Waals surface area contributed by atoms with Gasteiger partial charge in [-0.1, -0.05) is 22.8 Å². The number of fused-ring (bicyclic) bond motifs is 1. The van der Waals surface area contributed by atoms with Gasteiger partial charge in [0.05, 0.1) is 0 Å². The van der Waals surface area contributed by atoms with Crippen LogP contribution in [-0.2, 0) is 19.1 Å². The van der Waals surface area contributed by atoms with Gasteiger partial charge in [-0.05, 0) is 30.2 Å². The largest absolute Gasteiger partial charge is 0.471 e. The number of rotatable bonds is 2. The number of carbonyl (C=O) groups excluding carboxylic acids is 1. The highest BCUT2D eigenvalue weighted by atomic mass is 35.5. The van der Waals surface area contributed by atoms with Crippen LogP contribution in [0.3, 0.4) is 0 Å². The summed E-state index contributed by atoms with van der Waals surface area (Å²) in [6.45, 7) is 0.718. The Balaban J connectivity index is 1.54. The summed E-state index contributed by atoms with van der Waals surface area (Å²) in [5.74, 6) is -1.53. The molecule has 4 rings (SSSR count). The van der Waals surface area contributed by atoms with E-state index in [9.17, 15) is 18.0 Å². The summed E-state index contributed by atoms with van der Waals surface area (Å²) in [5.41, 5.74) is 1.73. The predicted octanol–water partition coefficient (Wildman–Crippen LogP) is 5.06. The van der Waals surface area contributed by atoms with Crippen molar-refractivity contribution in [3.05, 3.63) is 51.0 Å². The molecule has 6 nitrogen and oxygen atoms in total. The van der Waals surface area contributed by atoms with Crippen LogP contribution in [0.25, 0.3) is 11.4 Å². The fourth-order valence-corrected chi connectivity index (χ4v) is 4.11. The number of hydrogen-bond donors (Lipinski definition) is 1. The van der Waals surface area contributed by atoms with Crippen LogP contribution in [0.15, 0.2) is 34.2 Å². The minimum atomic E-state index is -4.70. The monoisotopic (exact) mass is 428 g/mol. The molecule has 0 saturated carbocycles. The van der Waals surface area contributed by atoms with Crippen molar-refractivity contribution in [2.24, 2.45) is 0 Å². The zero-order chi connectivity index (χ0) is 19.9. The number of nitrogens with one attached hydrogen (secondary N) is 1. The molecule has 0 bridgehead atoms. The van der Waals surface area contributed by atoms with Crippen LogP contribution in [0, 0.1) is 0 Å². The molecule has 146 valence electrons. The Morgan fingerprint density at radius 3 is 2.89 bits per heavy atom. The third kappa shape index (κ3) is 3.69. The lowest BCUT2D eigenvalue weighted by Gasteiger charge is -2.27. The Morgan fingerprint density at radius 2 is 2.18 bits per heavy atom. The van der Waals surface area contributed by atoms with E-state index in [4.69, 9.17) is 11.6 Å². The van der Waals surface area contributed by atoms with Gasteiger partial charge in [-0.3, -0.25) is 0 Å². The van der Waals surface area contributed by atoms with E-state index in [0.29, 0.717) is 29.2 Å². The molecule has 2 amide bonds. The van der Waals surface area contributed by atoms with Crippen LogP contribution in [0.4, 0.5) is 23.7 Å².